The highest BCUT2D eigenvalue weighted by molar-refractivity contribution is 5.91. The molecule has 0 aromatic carbocycles. The molecule has 1 unspecified atom stereocenters. The fourth-order valence-corrected chi connectivity index (χ4v) is 2.84. The van der Waals surface area contributed by atoms with E-state index in [-0.39, 0.29) is 12.1 Å². The summed E-state index contributed by atoms with van der Waals surface area (Å²) in [4.78, 5) is 16.2. The SMILES string of the molecule is CC1N(c2cnn3c2CN(C)[C@@H](C)C3)C(=O)OC1(C)C. The van der Waals surface area contributed by atoms with E-state index >= 15 is 0 Å². The van der Waals surface area contributed by atoms with Crippen LogP contribution in [0.1, 0.15) is 33.4 Å². The van der Waals surface area contributed by atoms with Crippen LogP contribution in [-0.4, -0.2) is 45.5 Å². The van der Waals surface area contributed by atoms with Gasteiger partial charge in [0.15, 0.2) is 0 Å². The van der Waals surface area contributed by atoms with Crippen LogP contribution < -0.4 is 4.90 Å². The lowest BCUT2D eigenvalue weighted by Gasteiger charge is -2.32. The minimum atomic E-state index is -0.472. The van der Waals surface area contributed by atoms with Crippen LogP contribution >= 0.6 is 0 Å². The summed E-state index contributed by atoms with van der Waals surface area (Å²) in [5, 5.41) is 4.44. The normalized spacial score (nSPS) is 29.4. The first-order chi connectivity index (χ1) is 9.31. The van der Waals surface area contributed by atoms with E-state index in [1.807, 2.05) is 25.5 Å². The van der Waals surface area contributed by atoms with Crippen molar-refractivity contribution in [1.29, 1.82) is 0 Å². The summed E-state index contributed by atoms with van der Waals surface area (Å²) in [7, 11) is 2.10. The average molecular weight is 278 g/mol. The number of amides is 1. The maximum atomic E-state index is 12.2. The quantitative estimate of drug-likeness (QED) is 0.786. The first-order valence-electron chi connectivity index (χ1n) is 7.08. The van der Waals surface area contributed by atoms with Crippen molar-refractivity contribution in [3.63, 3.8) is 0 Å². The summed E-state index contributed by atoms with van der Waals surface area (Å²) >= 11 is 0. The molecule has 0 saturated carbocycles. The number of ether oxygens (including phenoxy) is 1. The Labute approximate surface area is 119 Å². The molecule has 6 heteroatoms. The van der Waals surface area contributed by atoms with Crippen LogP contribution in [0.2, 0.25) is 0 Å². The molecule has 0 N–H and O–H groups in total. The van der Waals surface area contributed by atoms with Crippen molar-refractivity contribution in [2.45, 2.75) is 58.5 Å². The third-order valence-electron chi connectivity index (χ3n) is 4.72. The van der Waals surface area contributed by atoms with Gasteiger partial charge in [0.2, 0.25) is 0 Å². The summed E-state index contributed by atoms with van der Waals surface area (Å²) in [6, 6.07) is 0.447. The highest BCUT2D eigenvalue weighted by Gasteiger charge is 2.47. The molecule has 1 aromatic heterocycles. The number of likely N-dealkylation sites (N-methyl/N-ethyl adjacent to an activating group) is 1. The van der Waals surface area contributed by atoms with Crippen molar-refractivity contribution in [3.05, 3.63) is 11.9 Å². The molecule has 0 radical (unpaired) electrons. The highest BCUT2D eigenvalue weighted by Crippen LogP contribution is 2.36. The van der Waals surface area contributed by atoms with Gasteiger partial charge in [-0.2, -0.15) is 5.10 Å². The summed E-state index contributed by atoms with van der Waals surface area (Å²) in [6.45, 7) is 9.74. The summed E-state index contributed by atoms with van der Waals surface area (Å²) in [5.74, 6) is 0. The molecule has 2 aliphatic heterocycles. The van der Waals surface area contributed by atoms with Crippen molar-refractivity contribution in [2.75, 3.05) is 11.9 Å². The Balaban J connectivity index is 1.99. The Bertz CT molecular complexity index is 551. The lowest BCUT2D eigenvalue weighted by Crippen LogP contribution is -2.42. The summed E-state index contributed by atoms with van der Waals surface area (Å²) in [5.41, 5.74) is 1.50. The van der Waals surface area contributed by atoms with E-state index < -0.39 is 5.60 Å². The maximum absolute atomic E-state index is 12.2. The molecule has 1 fully saturated rings. The molecule has 3 rings (SSSR count). The molecule has 110 valence electrons. The standard InChI is InChI=1S/C14H22N4O2/c1-9-7-17-12(8-16(9)5)11(6-15-17)18-10(2)14(3,4)20-13(18)19/h6,9-10H,7-8H2,1-5H3/t9-,10?/m0/s1. The van der Waals surface area contributed by atoms with Crippen LogP contribution in [0, 0.1) is 0 Å². The first kappa shape index (κ1) is 13.4. The fraction of sp³-hybridized carbons (Fsp3) is 0.714. The van der Waals surface area contributed by atoms with Crippen LogP contribution in [0.15, 0.2) is 6.20 Å². The molecular formula is C14H22N4O2. The number of fused-ring (bicyclic) bond motifs is 1. The van der Waals surface area contributed by atoms with Crippen LogP contribution in [-0.2, 0) is 17.8 Å². The minimum Gasteiger partial charge on any atom is -0.441 e. The number of carbonyl (C=O) groups is 1. The number of hydrogen-bond donors (Lipinski definition) is 0. The zero-order chi connectivity index (χ0) is 14.7. The molecule has 1 aromatic rings. The molecule has 0 spiro atoms. The van der Waals surface area contributed by atoms with Crippen molar-refractivity contribution >= 4 is 11.8 Å². The second-order valence-electron chi connectivity index (χ2n) is 6.44. The molecule has 20 heavy (non-hydrogen) atoms. The molecule has 1 saturated heterocycles. The van der Waals surface area contributed by atoms with Gasteiger partial charge in [-0.05, 0) is 34.7 Å². The Morgan fingerprint density at radius 1 is 1.40 bits per heavy atom. The number of nitrogens with zero attached hydrogens (tertiary/aromatic N) is 4. The topological polar surface area (TPSA) is 50.6 Å². The van der Waals surface area contributed by atoms with Crippen molar-refractivity contribution in [3.8, 4) is 0 Å². The molecule has 0 bridgehead atoms. The molecule has 1 amide bonds. The largest absolute Gasteiger partial charge is 0.441 e. The number of rotatable bonds is 1. The van der Waals surface area contributed by atoms with E-state index in [9.17, 15) is 4.79 Å². The van der Waals surface area contributed by atoms with E-state index in [1.165, 1.54) is 0 Å². The lowest BCUT2D eigenvalue weighted by atomic mass is 10.0. The average Bonchev–Trinajstić information content (AvgIpc) is 2.80. The molecule has 0 aliphatic carbocycles. The van der Waals surface area contributed by atoms with Gasteiger partial charge >= 0.3 is 6.09 Å². The third-order valence-corrected chi connectivity index (χ3v) is 4.72. The van der Waals surface area contributed by atoms with Gasteiger partial charge in [-0.1, -0.05) is 0 Å². The number of aromatic nitrogens is 2. The van der Waals surface area contributed by atoms with Gasteiger partial charge in [-0.15, -0.1) is 0 Å². The predicted molar refractivity (Wildman–Crippen MR) is 75.7 cm³/mol. The zero-order valence-electron chi connectivity index (χ0n) is 12.8. The van der Waals surface area contributed by atoms with Gasteiger partial charge < -0.3 is 4.74 Å². The van der Waals surface area contributed by atoms with Crippen LogP contribution in [0.4, 0.5) is 10.5 Å². The number of anilines is 1. The van der Waals surface area contributed by atoms with Gasteiger partial charge in [0.1, 0.15) is 5.60 Å². The smallest absolute Gasteiger partial charge is 0.415 e. The fourth-order valence-electron chi connectivity index (χ4n) is 2.84. The second kappa shape index (κ2) is 4.22. The molecule has 3 heterocycles. The Kier molecular flexibility index (Phi) is 2.83. The van der Waals surface area contributed by atoms with Crippen LogP contribution in [0.5, 0.6) is 0 Å². The predicted octanol–water partition coefficient (Wildman–Crippen LogP) is 1.84. The summed E-state index contributed by atoms with van der Waals surface area (Å²) < 4.78 is 7.48. The minimum absolute atomic E-state index is 0.00597. The van der Waals surface area contributed by atoms with E-state index in [2.05, 4.69) is 24.0 Å². The number of cyclic esters (lactones) is 1. The third kappa shape index (κ3) is 1.82. The Hall–Kier alpha value is -1.56. The van der Waals surface area contributed by atoms with Crippen LogP contribution in [0.25, 0.3) is 0 Å². The monoisotopic (exact) mass is 278 g/mol. The number of hydrogen-bond acceptors (Lipinski definition) is 4. The van der Waals surface area contributed by atoms with Gasteiger partial charge in [0.05, 0.1) is 30.2 Å². The molecule has 6 nitrogen and oxygen atoms in total. The van der Waals surface area contributed by atoms with E-state index in [0.29, 0.717) is 6.04 Å². The zero-order valence-corrected chi connectivity index (χ0v) is 12.8. The Morgan fingerprint density at radius 3 is 2.70 bits per heavy atom. The van der Waals surface area contributed by atoms with Gasteiger partial charge in [-0.25, -0.2) is 4.79 Å². The molecule has 2 atom stereocenters. The van der Waals surface area contributed by atoms with Crippen molar-refractivity contribution < 1.29 is 9.53 Å². The summed E-state index contributed by atoms with van der Waals surface area (Å²) in [6.07, 6.45) is 1.51. The first-order valence-corrected chi connectivity index (χ1v) is 7.08. The molecule has 2 aliphatic rings. The van der Waals surface area contributed by atoms with Crippen molar-refractivity contribution in [2.24, 2.45) is 0 Å². The van der Waals surface area contributed by atoms with E-state index in [1.54, 1.807) is 11.1 Å². The second-order valence-corrected chi connectivity index (χ2v) is 6.44. The lowest BCUT2D eigenvalue weighted by molar-refractivity contribution is 0.0718. The van der Waals surface area contributed by atoms with E-state index in [4.69, 9.17) is 4.74 Å². The van der Waals surface area contributed by atoms with Crippen LogP contribution in [0.3, 0.4) is 0 Å². The number of carbonyl (C=O) groups excluding carboxylic acids is 1. The van der Waals surface area contributed by atoms with Crippen molar-refractivity contribution in [1.82, 2.24) is 14.7 Å². The van der Waals surface area contributed by atoms with E-state index in [0.717, 1.165) is 24.5 Å². The maximum Gasteiger partial charge on any atom is 0.415 e. The molecular weight excluding hydrogens is 256 g/mol. The van der Waals surface area contributed by atoms with Gasteiger partial charge in [-0.3, -0.25) is 14.5 Å². The van der Waals surface area contributed by atoms with Gasteiger partial charge in [0, 0.05) is 12.6 Å². The Morgan fingerprint density at radius 2 is 2.10 bits per heavy atom. The highest BCUT2D eigenvalue weighted by atomic mass is 16.6. The van der Waals surface area contributed by atoms with Gasteiger partial charge in [0.25, 0.3) is 0 Å².